The van der Waals surface area contributed by atoms with Crippen LogP contribution in [0.2, 0.25) is 0 Å². The van der Waals surface area contributed by atoms with Crippen LogP contribution in [0.15, 0.2) is 23.0 Å². The Labute approximate surface area is 241 Å². The topological polar surface area (TPSA) is 101 Å². The van der Waals surface area contributed by atoms with Crippen LogP contribution in [0.25, 0.3) is 11.0 Å². The molecule has 1 aromatic carbocycles. The third-order valence-electron chi connectivity index (χ3n) is 9.41. The number of amides is 2. The second-order valence-electron chi connectivity index (χ2n) is 13.6. The Balaban J connectivity index is 1.02. The average molecular weight is 568 g/mol. The zero-order valence-corrected chi connectivity index (χ0v) is 24.9. The molecule has 3 unspecified atom stereocenters. The molecule has 4 saturated heterocycles. The molecule has 10 heteroatoms. The number of ether oxygens (including phenoxy) is 2. The van der Waals surface area contributed by atoms with Gasteiger partial charge in [-0.3, -0.25) is 18.8 Å². The van der Waals surface area contributed by atoms with Gasteiger partial charge in [-0.05, 0) is 102 Å². The number of likely N-dealkylation sites (tertiary alicyclic amines) is 2. The highest BCUT2D eigenvalue weighted by Crippen LogP contribution is 2.38. The molecule has 5 heterocycles. The zero-order valence-electron chi connectivity index (χ0n) is 24.9. The standard InChI is InChI=1S/C31H45N5O5/c1-31(2,3)41-30(39)35-15-11-21(12-16-35)17-20-9-13-34(14-10-20)19-22-5-6-23-25(18-22)33(4)29(38)36(23)24-7-8-26(37)32-28-27(24)40-28/h5-6,18,20-21,24,27-28H,7-17,19H2,1-4H3,(H,32,37). The van der Waals surface area contributed by atoms with Crippen LogP contribution >= 0.6 is 0 Å². The quantitative estimate of drug-likeness (QED) is 0.552. The summed E-state index contributed by atoms with van der Waals surface area (Å²) in [7, 11) is 1.83. The van der Waals surface area contributed by atoms with Gasteiger partial charge in [0.2, 0.25) is 5.91 Å². The molecule has 0 aliphatic carbocycles. The van der Waals surface area contributed by atoms with Crippen LogP contribution in [0, 0.1) is 11.8 Å². The minimum absolute atomic E-state index is 0.0112. The largest absolute Gasteiger partial charge is 0.444 e. The Morgan fingerprint density at radius 3 is 2.37 bits per heavy atom. The van der Waals surface area contributed by atoms with E-state index in [4.69, 9.17) is 9.47 Å². The predicted octanol–water partition coefficient (Wildman–Crippen LogP) is 3.77. The second kappa shape index (κ2) is 11.1. The van der Waals surface area contributed by atoms with Gasteiger partial charge in [0.1, 0.15) is 11.7 Å². The number of epoxide rings is 1. The fourth-order valence-corrected chi connectivity index (χ4v) is 7.10. The highest BCUT2D eigenvalue weighted by atomic mass is 16.6. The second-order valence-corrected chi connectivity index (χ2v) is 13.6. The number of imidazole rings is 1. The molecule has 0 radical (unpaired) electrons. The number of piperidine rings is 2. The molecule has 0 bridgehead atoms. The molecule has 0 saturated carbocycles. The number of fused-ring (bicyclic) bond motifs is 2. The summed E-state index contributed by atoms with van der Waals surface area (Å²) in [6, 6.07) is 6.24. The van der Waals surface area contributed by atoms with E-state index in [1.165, 1.54) is 24.8 Å². The van der Waals surface area contributed by atoms with Crippen molar-refractivity contribution in [3.05, 3.63) is 34.2 Å². The highest BCUT2D eigenvalue weighted by Gasteiger charge is 2.49. The minimum Gasteiger partial charge on any atom is -0.444 e. The molecule has 6 rings (SSSR count). The molecule has 2 amide bonds. The SMILES string of the molecule is Cn1c(=O)n(C2CCC(=O)NC3OC32)c2ccc(CN3CCC(CC4CCN(C(=O)OC(C)(C)C)CC4)CC3)cc21. The van der Waals surface area contributed by atoms with Gasteiger partial charge >= 0.3 is 11.8 Å². The summed E-state index contributed by atoms with van der Waals surface area (Å²) in [6.07, 6.45) is 6.23. The fourth-order valence-electron chi connectivity index (χ4n) is 7.10. The van der Waals surface area contributed by atoms with E-state index in [1.54, 1.807) is 4.57 Å². The fraction of sp³-hybridized carbons (Fsp3) is 0.710. The lowest BCUT2D eigenvalue weighted by atomic mass is 9.83. The average Bonchev–Trinajstić information content (AvgIpc) is 3.66. The van der Waals surface area contributed by atoms with E-state index in [1.807, 2.05) is 37.3 Å². The number of aryl methyl sites for hydroxylation is 1. The lowest BCUT2D eigenvalue weighted by molar-refractivity contribution is -0.121. The molecule has 1 N–H and O–H groups in total. The molecule has 4 fully saturated rings. The number of carbonyl (C=O) groups excluding carboxylic acids is 2. The maximum atomic E-state index is 13.3. The molecule has 10 nitrogen and oxygen atoms in total. The molecule has 1 aromatic heterocycles. The lowest BCUT2D eigenvalue weighted by Gasteiger charge is -2.37. The van der Waals surface area contributed by atoms with Gasteiger partial charge in [0.15, 0.2) is 6.23 Å². The third kappa shape index (κ3) is 6.18. The predicted molar refractivity (Wildman–Crippen MR) is 155 cm³/mol. The summed E-state index contributed by atoms with van der Waals surface area (Å²) >= 11 is 0. The van der Waals surface area contributed by atoms with E-state index < -0.39 is 5.60 Å². The van der Waals surface area contributed by atoms with E-state index in [0.717, 1.165) is 62.5 Å². The molecule has 224 valence electrons. The molecule has 0 spiro atoms. The lowest BCUT2D eigenvalue weighted by Crippen LogP contribution is -2.42. The van der Waals surface area contributed by atoms with Gasteiger partial charge in [-0.2, -0.15) is 0 Å². The molecule has 3 atom stereocenters. The Morgan fingerprint density at radius 1 is 1.00 bits per heavy atom. The molecular formula is C31H45N5O5. The van der Waals surface area contributed by atoms with Gasteiger partial charge < -0.3 is 19.7 Å². The van der Waals surface area contributed by atoms with Gasteiger partial charge in [-0.15, -0.1) is 0 Å². The first-order valence-electron chi connectivity index (χ1n) is 15.4. The van der Waals surface area contributed by atoms with E-state index in [-0.39, 0.29) is 36.1 Å². The zero-order chi connectivity index (χ0) is 28.9. The summed E-state index contributed by atoms with van der Waals surface area (Å²) in [5, 5.41) is 2.87. The summed E-state index contributed by atoms with van der Waals surface area (Å²) in [5.41, 5.74) is 2.56. The van der Waals surface area contributed by atoms with Crippen molar-refractivity contribution in [1.82, 2.24) is 24.3 Å². The van der Waals surface area contributed by atoms with Crippen molar-refractivity contribution in [1.29, 1.82) is 0 Å². The van der Waals surface area contributed by atoms with Crippen molar-refractivity contribution in [2.24, 2.45) is 18.9 Å². The van der Waals surface area contributed by atoms with Crippen LogP contribution in [0.1, 0.15) is 77.3 Å². The monoisotopic (exact) mass is 567 g/mol. The van der Waals surface area contributed by atoms with Crippen molar-refractivity contribution in [2.75, 3.05) is 26.2 Å². The molecule has 4 aliphatic heterocycles. The van der Waals surface area contributed by atoms with Gasteiger partial charge in [0.05, 0.1) is 17.1 Å². The number of rotatable bonds is 5. The first-order chi connectivity index (χ1) is 19.6. The van der Waals surface area contributed by atoms with Crippen molar-refractivity contribution < 1.29 is 19.1 Å². The number of benzene rings is 1. The maximum absolute atomic E-state index is 13.3. The van der Waals surface area contributed by atoms with Crippen LogP contribution in [-0.2, 0) is 27.9 Å². The number of hydrogen-bond acceptors (Lipinski definition) is 6. The van der Waals surface area contributed by atoms with E-state index in [0.29, 0.717) is 18.8 Å². The van der Waals surface area contributed by atoms with Crippen LogP contribution in [0.5, 0.6) is 0 Å². The first kappa shape index (κ1) is 28.3. The Kier molecular flexibility index (Phi) is 7.65. The third-order valence-corrected chi connectivity index (χ3v) is 9.41. The van der Waals surface area contributed by atoms with Crippen LogP contribution in [-0.4, -0.2) is 75.0 Å². The van der Waals surface area contributed by atoms with Gasteiger partial charge in [0, 0.05) is 33.1 Å². The molecular weight excluding hydrogens is 522 g/mol. The normalized spacial score (nSPS) is 26.5. The Hall–Kier alpha value is -2.85. The highest BCUT2D eigenvalue weighted by molar-refractivity contribution is 5.78. The number of hydrogen-bond donors (Lipinski definition) is 1. The summed E-state index contributed by atoms with van der Waals surface area (Å²) in [6.45, 7) is 10.4. The molecule has 41 heavy (non-hydrogen) atoms. The van der Waals surface area contributed by atoms with Gasteiger partial charge in [0.25, 0.3) is 0 Å². The van der Waals surface area contributed by atoms with Crippen LogP contribution in [0.3, 0.4) is 0 Å². The number of nitrogens with zero attached hydrogens (tertiary/aromatic N) is 4. The number of nitrogens with one attached hydrogen (secondary N) is 1. The first-order valence-corrected chi connectivity index (χ1v) is 15.4. The van der Waals surface area contributed by atoms with Gasteiger partial charge in [-0.25, -0.2) is 9.59 Å². The number of aromatic nitrogens is 2. The van der Waals surface area contributed by atoms with Crippen molar-refractivity contribution in [3.8, 4) is 0 Å². The summed E-state index contributed by atoms with van der Waals surface area (Å²) in [5.74, 6) is 1.43. The van der Waals surface area contributed by atoms with Crippen LogP contribution < -0.4 is 11.0 Å². The van der Waals surface area contributed by atoms with E-state index in [2.05, 4.69) is 28.4 Å². The van der Waals surface area contributed by atoms with Crippen molar-refractivity contribution in [2.45, 2.75) is 96.2 Å². The Morgan fingerprint density at radius 2 is 1.68 bits per heavy atom. The Bertz CT molecular complexity index is 1340. The smallest absolute Gasteiger partial charge is 0.410 e. The summed E-state index contributed by atoms with van der Waals surface area (Å²) in [4.78, 5) is 42.0. The van der Waals surface area contributed by atoms with E-state index >= 15 is 0 Å². The van der Waals surface area contributed by atoms with Gasteiger partial charge in [-0.1, -0.05) is 6.07 Å². The molecule has 2 aromatic rings. The molecule has 4 aliphatic rings. The minimum atomic E-state index is -0.444. The van der Waals surface area contributed by atoms with Crippen molar-refractivity contribution in [3.63, 3.8) is 0 Å². The summed E-state index contributed by atoms with van der Waals surface area (Å²) < 4.78 is 14.8. The maximum Gasteiger partial charge on any atom is 0.410 e. The van der Waals surface area contributed by atoms with E-state index in [9.17, 15) is 14.4 Å². The number of carbonyl (C=O) groups is 2. The van der Waals surface area contributed by atoms with Crippen molar-refractivity contribution >= 4 is 23.0 Å². The van der Waals surface area contributed by atoms with Crippen LogP contribution in [0.4, 0.5) is 4.79 Å².